The summed E-state index contributed by atoms with van der Waals surface area (Å²) >= 11 is 6.01. The van der Waals surface area contributed by atoms with Crippen molar-refractivity contribution >= 4 is 34.4 Å². The Morgan fingerprint density at radius 1 is 1.06 bits per heavy atom. The fraction of sp³-hybridized carbons (Fsp3) is 0.292. The Morgan fingerprint density at radius 3 is 2.44 bits per heavy atom. The predicted octanol–water partition coefficient (Wildman–Crippen LogP) is 3.24. The molecule has 8 heteroatoms. The van der Waals surface area contributed by atoms with Crippen LogP contribution in [0.1, 0.15) is 28.9 Å². The van der Waals surface area contributed by atoms with Crippen LogP contribution in [-0.2, 0) is 9.53 Å². The second-order valence-electron chi connectivity index (χ2n) is 7.63. The lowest BCUT2D eigenvalue weighted by Gasteiger charge is -2.38. The van der Waals surface area contributed by atoms with Gasteiger partial charge in [0.15, 0.2) is 0 Å². The van der Waals surface area contributed by atoms with E-state index in [0.717, 1.165) is 5.56 Å². The summed E-state index contributed by atoms with van der Waals surface area (Å²) < 4.78 is 5.31. The number of hydrogen-bond donors (Lipinski definition) is 1. The van der Waals surface area contributed by atoms with Crippen molar-refractivity contribution in [3.63, 3.8) is 0 Å². The van der Waals surface area contributed by atoms with Gasteiger partial charge in [0.2, 0.25) is 5.56 Å². The van der Waals surface area contributed by atoms with E-state index in [-0.39, 0.29) is 24.0 Å². The van der Waals surface area contributed by atoms with Crippen LogP contribution in [0.15, 0.2) is 59.4 Å². The summed E-state index contributed by atoms with van der Waals surface area (Å²) in [7, 11) is 0. The molecule has 0 spiro atoms. The summed E-state index contributed by atoms with van der Waals surface area (Å²) in [6, 6.07) is 15.2. The molecule has 1 unspecified atom stereocenters. The number of carbonyl (C=O) groups excluding carboxylic acids is 2. The van der Waals surface area contributed by atoms with Gasteiger partial charge in [0.05, 0.1) is 12.2 Å². The summed E-state index contributed by atoms with van der Waals surface area (Å²) in [5.41, 5.74) is 1.51. The number of para-hydroxylation sites is 1. The van der Waals surface area contributed by atoms with Crippen molar-refractivity contribution in [2.75, 3.05) is 32.8 Å². The molecule has 32 heavy (non-hydrogen) atoms. The van der Waals surface area contributed by atoms with Crippen LogP contribution in [0.3, 0.4) is 0 Å². The highest BCUT2D eigenvalue weighted by atomic mass is 35.5. The summed E-state index contributed by atoms with van der Waals surface area (Å²) in [5, 5.41) is 1.31. The molecule has 0 radical (unpaired) electrons. The number of halogens is 1. The van der Waals surface area contributed by atoms with Crippen LogP contribution in [0, 0.1) is 0 Å². The smallest absolute Gasteiger partial charge is 0.328 e. The maximum absolute atomic E-state index is 13.2. The number of esters is 1. The fourth-order valence-corrected chi connectivity index (χ4v) is 4.22. The minimum absolute atomic E-state index is 0.189. The number of carbonyl (C=O) groups is 2. The van der Waals surface area contributed by atoms with Crippen molar-refractivity contribution in [1.82, 2.24) is 14.8 Å². The number of nitrogens with zero attached hydrogens (tertiary/aromatic N) is 2. The maximum Gasteiger partial charge on any atom is 0.328 e. The number of H-pyrrole nitrogens is 1. The lowest BCUT2D eigenvalue weighted by atomic mass is 10.0. The topological polar surface area (TPSA) is 82.7 Å². The van der Waals surface area contributed by atoms with Gasteiger partial charge in [0.25, 0.3) is 5.91 Å². The number of hydrogen-bond acceptors (Lipinski definition) is 5. The van der Waals surface area contributed by atoms with Crippen LogP contribution in [-0.4, -0.2) is 59.4 Å². The van der Waals surface area contributed by atoms with Crippen molar-refractivity contribution in [3.05, 3.63) is 81.1 Å². The Balaban J connectivity index is 1.54. The van der Waals surface area contributed by atoms with E-state index in [1.54, 1.807) is 30.0 Å². The Morgan fingerprint density at radius 2 is 1.75 bits per heavy atom. The van der Waals surface area contributed by atoms with Gasteiger partial charge in [0, 0.05) is 48.2 Å². The van der Waals surface area contributed by atoms with E-state index < -0.39 is 6.04 Å². The third-order valence-corrected chi connectivity index (χ3v) is 5.90. The molecule has 1 aliphatic rings. The Bertz CT molecular complexity index is 1180. The number of fused-ring (bicyclic) bond motifs is 1. The second kappa shape index (κ2) is 9.54. The molecule has 1 fully saturated rings. The zero-order chi connectivity index (χ0) is 22.7. The number of benzene rings is 2. The van der Waals surface area contributed by atoms with E-state index in [2.05, 4.69) is 4.98 Å². The molecule has 0 bridgehead atoms. The number of nitrogens with one attached hydrogen (secondary N) is 1. The molecule has 1 amide bonds. The van der Waals surface area contributed by atoms with Crippen molar-refractivity contribution in [2.45, 2.75) is 13.0 Å². The summed E-state index contributed by atoms with van der Waals surface area (Å²) in [6.07, 6.45) is 0. The van der Waals surface area contributed by atoms with Crippen LogP contribution < -0.4 is 5.56 Å². The molecule has 3 aromatic rings. The van der Waals surface area contributed by atoms with Crippen LogP contribution >= 0.6 is 11.6 Å². The molecular weight excluding hydrogens is 430 g/mol. The van der Waals surface area contributed by atoms with E-state index in [4.69, 9.17) is 16.3 Å². The first kappa shape index (κ1) is 22.0. The zero-order valence-electron chi connectivity index (χ0n) is 17.7. The predicted molar refractivity (Wildman–Crippen MR) is 123 cm³/mol. The van der Waals surface area contributed by atoms with Crippen molar-refractivity contribution in [2.24, 2.45) is 0 Å². The summed E-state index contributed by atoms with van der Waals surface area (Å²) in [4.78, 5) is 44.5. The van der Waals surface area contributed by atoms with Gasteiger partial charge in [-0.1, -0.05) is 41.9 Å². The molecule has 1 N–H and O–H groups in total. The summed E-state index contributed by atoms with van der Waals surface area (Å²) in [6.45, 7) is 3.93. The average Bonchev–Trinajstić information content (AvgIpc) is 2.80. The minimum Gasteiger partial charge on any atom is -0.465 e. The second-order valence-corrected chi connectivity index (χ2v) is 8.06. The van der Waals surface area contributed by atoms with Gasteiger partial charge < -0.3 is 14.6 Å². The zero-order valence-corrected chi connectivity index (χ0v) is 18.5. The highest BCUT2D eigenvalue weighted by Gasteiger charge is 2.33. The molecule has 1 atom stereocenters. The third kappa shape index (κ3) is 4.54. The molecular formula is C24H24ClN3O4. The van der Waals surface area contributed by atoms with Crippen LogP contribution in [0.5, 0.6) is 0 Å². The number of aromatic amines is 1. The minimum atomic E-state index is -0.565. The number of piperazine rings is 1. The third-order valence-electron chi connectivity index (χ3n) is 5.64. The molecule has 7 nitrogen and oxygen atoms in total. The molecule has 166 valence electrons. The van der Waals surface area contributed by atoms with Crippen molar-refractivity contribution < 1.29 is 14.3 Å². The van der Waals surface area contributed by atoms with Crippen LogP contribution in [0.25, 0.3) is 10.9 Å². The highest BCUT2D eigenvalue weighted by Crippen LogP contribution is 2.26. The normalized spacial score (nSPS) is 15.5. The summed E-state index contributed by atoms with van der Waals surface area (Å²) in [5.74, 6) is -0.513. The van der Waals surface area contributed by atoms with Gasteiger partial charge in [-0.25, -0.2) is 4.79 Å². The molecule has 1 saturated heterocycles. The monoisotopic (exact) mass is 453 g/mol. The number of pyridine rings is 1. The average molecular weight is 454 g/mol. The van der Waals surface area contributed by atoms with E-state index in [1.165, 1.54) is 6.07 Å². The molecule has 1 aromatic heterocycles. The van der Waals surface area contributed by atoms with Crippen molar-refractivity contribution in [1.29, 1.82) is 0 Å². The standard InChI is InChI=1S/C24H24ClN3O4/c1-2-32-24(31)22(16-7-9-17(25)10-8-16)27-11-13-28(14-12-27)23(30)19-15-21(29)26-20-6-4-3-5-18(19)20/h3-10,15,22H,2,11-14H2,1H3,(H,26,29). The largest absolute Gasteiger partial charge is 0.465 e. The Kier molecular flexibility index (Phi) is 6.58. The number of aromatic nitrogens is 1. The van der Waals surface area contributed by atoms with E-state index in [1.807, 2.05) is 35.2 Å². The number of rotatable bonds is 5. The quantitative estimate of drug-likeness (QED) is 0.600. The SMILES string of the molecule is CCOC(=O)C(c1ccc(Cl)cc1)N1CCN(C(=O)c2cc(=O)[nH]c3ccccc23)CC1. The van der Waals surface area contributed by atoms with Crippen molar-refractivity contribution in [3.8, 4) is 0 Å². The Labute approximate surface area is 190 Å². The van der Waals surface area contributed by atoms with Crippen LogP contribution in [0.2, 0.25) is 5.02 Å². The molecule has 0 saturated carbocycles. The Hall–Kier alpha value is -3.16. The molecule has 1 aliphatic heterocycles. The van der Waals surface area contributed by atoms with Crippen LogP contribution in [0.4, 0.5) is 0 Å². The number of amides is 1. The first-order valence-electron chi connectivity index (χ1n) is 10.6. The van der Waals surface area contributed by atoms with Gasteiger partial charge in [0.1, 0.15) is 6.04 Å². The molecule has 2 heterocycles. The highest BCUT2D eigenvalue weighted by molar-refractivity contribution is 6.30. The molecule has 4 rings (SSSR count). The molecule has 0 aliphatic carbocycles. The first-order valence-corrected chi connectivity index (χ1v) is 10.9. The van der Waals surface area contributed by atoms with Gasteiger partial charge in [-0.3, -0.25) is 14.5 Å². The lowest BCUT2D eigenvalue weighted by Crippen LogP contribution is -2.51. The fourth-order valence-electron chi connectivity index (χ4n) is 4.10. The van der Waals surface area contributed by atoms with Gasteiger partial charge in [-0.2, -0.15) is 0 Å². The van der Waals surface area contributed by atoms with E-state index in [9.17, 15) is 14.4 Å². The first-order chi connectivity index (χ1) is 15.5. The van der Waals surface area contributed by atoms with Gasteiger partial charge >= 0.3 is 5.97 Å². The van der Waals surface area contributed by atoms with E-state index >= 15 is 0 Å². The van der Waals surface area contributed by atoms with Gasteiger partial charge in [-0.15, -0.1) is 0 Å². The maximum atomic E-state index is 13.2. The lowest BCUT2D eigenvalue weighted by molar-refractivity contribution is -0.150. The molecule has 2 aromatic carbocycles. The van der Waals surface area contributed by atoms with Gasteiger partial charge in [-0.05, 0) is 30.7 Å². The number of ether oxygens (including phenoxy) is 1. The van der Waals surface area contributed by atoms with E-state index in [0.29, 0.717) is 47.7 Å².